The smallest absolute Gasteiger partial charge is 0.342 e. The number of pyridine rings is 1. The summed E-state index contributed by atoms with van der Waals surface area (Å²) in [5, 5.41) is 0.375. The van der Waals surface area contributed by atoms with Crippen LogP contribution in [0.4, 0.5) is 13.2 Å². The number of benzene rings is 1. The minimum atomic E-state index is -4.33. The molecule has 1 unspecified atom stereocenters. The molecule has 0 bridgehead atoms. The average Bonchev–Trinajstić information content (AvgIpc) is 3.06. The highest BCUT2D eigenvalue weighted by atomic mass is 35.5. The van der Waals surface area contributed by atoms with Crippen molar-refractivity contribution in [3.8, 4) is 0 Å². The van der Waals surface area contributed by atoms with Crippen LogP contribution in [0.15, 0.2) is 42.6 Å². The third-order valence-electron chi connectivity index (χ3n) is 4.39. The van der Waals surface area contributed by atoms with Gasteiger partial charge < -0.3 is 4.90 Å². The number of carbonyl (C=O) groups is 1. The fourth-order valence-electron chi connectivity index (χ4n) is 3.00. The molecule has 1 aromatic heterocycles. The molecule has 1 amide bonds. The SMILES string of the molecule is O=C(Cc1ccc(Cl)nc1)N1CCC(c2ccc(C(F)(F)F)cc2)C1. The maximum absolute atomic E-state index is 12.6. The van der Waals surface area contributed by atoms with E-state index in [1.807, 2.05) is 0 Å². The minimum absolute atomic E-state index is 0.0152. The number of amides is 1. The van der Waals surface area contributed by atoms with E-state index >= 15 is 0 Å². The molecule has 1 aliphatic rings. The van der Waals surface area contributed by atoms with Crippen LogP contribution in [0, 0.1) is 0 Å². The Morgan fingerprint density at radius 1 is 1.20 bits per heavy atom. The Balaban J connectivity index is 1.61. The zero-order valence-electron chi connectivity index (χ0n) is 13.3. The molecule has 0 N–H and O–H groups in total. The molecule has 0 aliphatic carbocycles. The Labute approximate surface area is 148 Å². The van der Waals surface area contributed by atoms with Crippen LogP contribution in [0.5, 0.6) is 0 Å². The van der Waals surface area contributed by atoms with E-state index in [0.717, 1.165) is 29.7 Å². The second-order valence-electron chi connectivity index (χ2n) is 6.11. The van der Waals surface area contributed by atoms with E-state index in [2.05, 4.69) is 4.98 Å². The van der Waals surface area contributed by atoms with Crippen LogP contribution in [-0.2, 0) is 17.4 Å². The molecule has 1 atom stereocenters. The number of hydrogen-bond donors (Lipinski definition) is 0. The number of hydrogen-bond acceptors (Lipinski definition) is 2. The number of nitrogens with zero attached hydrogens (tertiary/aromatic N) is 2. The molecule has 2 aromatic rings. The van der Waals surface area contributed by atoms with Crippen molar-refractivity contribution in [1.29, 1.82) is 0 Å². The van der Waals surface area contributed by atoms with Crippen LogP contribution < -0.4 is 0 Å². The highest BCUT2D eigenvalue weighted by molar-refractivity contribution is 6.29. The van der Waals surface area contributed by atoms with E-state index in [9.17, 15) is 18.0 Å². The molecule has 0 radical (unpaired) electrons. The molecule has 3 rings (SSSR count). The molecule has 1 aromatic carbocycles. The Hall–Kier alpha value is -2.08. The van der Waals surface area contributed by atoms with Crippen molar-refractivity contribution >= 4 is 17.5 Å². The summed E-state index contributed by atoms with van der Waals surface area (Å²) in [6.45, 7) is 1.12. The lowest BCUT2D eigenvalue weighted by molar-refractivity contribution is -0.137. The fraction of sp³-hybridized carbons (Fsp3) is 0.333. The van der Waals surface area contributed by atoms with Crippen LogP contribution >= 0.6 is 11.6 Å². The summed E-state index contributed by atoms with van der Waals surface area (Å²) >= 11 is 5.72. The van der Waals surface area contributed by atoms with E-state index < -0.39 is 11.7 Å². The van der Waals surface area contributed by atoms with Crippen LogP contribution in [0.1, 0.15) is 29.0 Å². The number of halogens is 4. The Morgan fingerprint density at radius 2 is 1.92 bits per heavy atom. The third kappa shape index (κ3) is 4.31. The summed E-state index contributed by atoms with van der Waals surface area (Å²) in [5.74, 6) is 0.0492. The monoisotopic (exact) mass is 368 g/mol. The predicted molar refractivity (Wildman–Crippen MR) is 88.3 cm³/mol. The Morgan fingerprint density at radius 3 is 2.52 bits per heavy atom. The maximum Gasteiger partial charge on any atom is 0.416 e. The summed E-state index contributed by atoms with van der Waals surface area (Å²) in [4.78, 5) is 18.1. The minimum Gasteiger partial charge on any atom is -0.342 e. The van der Waals surface area contributed by atoms with Gasteiger partial charge in [-0.3, -0.25) is 4.79 Å². The highest BCUT2D eigenvalue weighted by Gasteiger charge is 2.31. The number of carbonyl (C=O) groups excluding carboxylic acids is 1. The van der Waals surface area contributed by atoms with Crippen molar-refractivity contribution in [3.63, 3.8) is 0 Å². The van der Waals surface area contributed by atoms with E-state index in [4.69, 9.17) is 11.6 Å². The van der Waals surface area contributed by atoms with Crippen LogP contribution in [-0.4, -0.2) is 28.9 Å². The van der Waals surface area contributed by atoms with Crippen LogP contribution in [0.2, 0.25) is 5.15 Å². The van der Waals surface area contributed by atoms with Crippen molar-refractivity contribution in [2.75, 3.05) is 13.1 Å². The van der Waals surface area contributed by atoms with Gasteiger partial charge in [-0.15, -0.1) is 0 Å². The van der Waals surface area contributed by atoms with E-state index in [1.54, 1.807) is 23.2 Å². The Bertz CT molecular complexity index is 744. The Kier molecular flexibility index (Phi) is 4.99. The standard InChI is InChI=1S/C18H16ClF3N2O/c19-16-6-1-12(10-23-16)9-17(25)24-8-7-14(11-24)13-2-4-15(5-3-13)18(20,21)22/h1-6,10,14H,7-9,11H2. The lowest BCUT2D eigenvalue weighted by Crippen LogP contribution is -2.29. The van der Waals surface area contributed by atoms with E-state index in [1.165, 1.54) is 12.1 Å². The normalized spacial score (nSPS) is 17.8. The van der Waals surface area contributed by atoms with Crippen molar-refractivity contribution in [3.05, 3.63) is 64.4 Å². The van der Waals surface area contributed by atoms with Crippen LogP contribution in [0.3, 0.4) is 0 Å². The number of rotatable bonds is 3. The van der Waals surface area contributed by atoms with Gasteiger partial charge in [-0.25, -0.2) is 4.98 Å². The molecular formula is C18H16ClF3N2O. The molecule has 1 fully saturated rings. The van der Waals surface area contributed by atoms with Gasteiger partial charge in [0.1, 0.15) is 5.15 Å². The topological polar surface area (TPSA) is 33.2 Å². The van der Waals surface area contributed by atoms with Crippen LogP contribution in [0.25, 0.3) is 0 Å². The molecule has 0 spiro atoms. The number of likely N-dealkylation sites (tertiary alicyclic amines) is 1. The van der Waals surface area contributed by atoms with Gasteiger partial charge in [0, 0.05) is 25.2 Å². The fourth-order valence-corrected chi connectivity index (χ4v) is 3.11. The summed E-state index contributed by atoms with van der Waals surface area (Å²) in [7, 11) is 0. The lowest BCUT2D eigenvalue weighted by atomic mass is 9.97. The second-order valence-corrected chi connectivity index (χ2v) is 6.50. The van der Waals surface area contributed by atoms with Gasteiger partial charge in [-0.2, -0.15) is 13.2 Å². The molecule has 1 saturated heterocycles. The number of aromatic nitrogens is 1. The van der Waals surface area contributed by atoms with Gasteiger partial charge in [0.05, 0.1) is 12.0 Å². The van der Waals surface area contributed by atoms with Crippen molar-refractivity contribution in [1.82, 2.24) is 9.88 Å². The van der Waals surface area contributed by atoms with Gasteiger partial charge in [0.2, 0.25) is 5.91 Å². The molecule has 3 nitrogen and oxygen atoms in total. The highest BCUT2D eigenvalue weighted by Crippen LogP contribution is 2.32. The summed E-state index contributed by atoms with van der Waals surface area (Å²) in [6, 6.07) is 8.60. The molecule has 2 heterocycles. The summed E-state index contributed by atoms with van der Waals surface area (Å²) in [6.07, 6.45) is -1.77. The quantitative estimate of drug-likeness (QED) is 0.756. The molecule has 1 aliphatic heterocycles. The lowest BCUT2D eigenvalue weighted by Gasteiger charge is -2.17. The average molecular weight is 369 g/mol. The number of alkyl halides is 3. The molecule has 25 heavy (non-hydrogen) atoms. The summed E-state index contributed by atoms with van der Waals surface area (Å²) in [5.41, 5.74) is 0.959. The van der Waals surface area contributed by atoms with Gasteiger partial charge in [-0.05, 0) is 35.7 Å². The molecule has 0 saturated carbocycles. The second kappa shape index (κ2) is 7.04. The first-order valence-corrected chi connectivity index (χ1v) is 8.26. The zero-order chi connectivity index (χ0) is 18.0. The van der Waals surface area contributed by atoms with Crippen molar-refractivity contribution < 1.29 is 18.0 Å². The molecular weight excluding hydrogens is 353 g/mol. The largest absolute Gasteiger partial charge is 0.416 e. The van der Waals surface area contributed by atoms with E-state index in [-0.39, 0.29) is 18.2 Å². The van der Waals surface area contributed by atoms with Gasteiger partial charge in [-0.1, -0.05) is 29.8 Å². The molecule has 7 heteroatoms. The maximum atomic E-state index is 12.6. The van der Waals surface area contributed by atoms with E-state index in [0.29, 0.717) is 18.2 Å². The first kappa shape index (κ1) is 17.7. The zero-order valence-corrected chi connectivity index (χ0v) is 14.0. The first-order chi connectivity index (χ1) is 11.8. The molecule has 132 valence electrons. The van der Waals surface area contributed by atoms with Gasteiger partial charge in [0.15, 0.2) is 0 Å². The predicted octanol–water partition coefficient (Wildman–Crippen LogP) is 4.31. The van der Waals surface area contributed by atoms with Gasteiger partial charge >= 0.3 is 6.18 Å². The summed E-state index contributed by atoms with van der Waals surface area (Å²) < 4.78 is 37.9. The third-order valence-corrected chi connectivity index (χ3v) is 4.62. The van der Waals surface area contributed by atoms with Crippen molar-refractivity contribution in [2.24, 2.45) is 0 Å². The van der Waals surface area contributed by atoms with Crippen molar-refractivity contribution in [2.45, 2.75) is 24.9 Å². The van der Waals surface area contributed by atoms with Gasteiger partial charge in [0.25, 0.3) is 0 Å². The first-order valence-electron chi connectivity index (χ1n) is 7.88.